The van der Waals surface area contributed by atoms with Crippen molar-refractivity contribution in [1.82, 2.24) is 4.72 Å². The van der Waals surface area contributed by atoms with E-state index in [0.717, 1.165) is 24.1 Å². The molecule has 2 aromatic carbocycles. The largest absolute Gasteiger partial charge is 0.312 e. The Morgan fingerprint density at radius 3 is 2.73 bits per heavy atom. The zero-order valence-electron chi connectivity index (χ0n) is 14.5. The summed E-state index contributed by atoms with van der Waals surface area (Å²) >= 11 is 0. The van der Waals surface area contributed by atoms with Crippen molar-refractivity contribution in [3.05, 3.63) is 59.4 Å². The number of carbonyl (C=O) groups is 1. The first-order chi connectivity index (χ1) is 12.4. The second-order valence-corrected chi connectivity index (χ2v) is 8.07. The van der Waals surface area contributed by atoms with Crippen LogP contribution in [0.2, 0.25) is 0 Å². The van der Waals surface area contributed by atoms with Gasteiger partial charge in [0.05, 0.1) is 4.90 Å². The Labute approximate surface area is 152 Å². The second kappa shape index (κ2) is 7.55. The van der Waals surface area contributed by atoms with E-state index in [-0.39, 0.29) is 29.6 Å². The fourth-order valence-electron chi connectivity index (χ4n) is 3.17. The summed E-state index contributed by atoms with van der Waals surface area (Å²) in [6, 6.07) is 11.1. The topological polar surface area (TPSA) is 66.5 Å². The maximum atomic E-state index is 13.6. The number of anilines is 1. The highest BCUT2D eigenvalue weighted by Crippen LogP contribution is 2.29. The zero-order valence-corrected chi connectivity index (χ0v) is 15.4. The maximum Gasteiger partial charge on any atom is 0.240 e. The van der Waals surface area contributed by atoms with Gasteiger partial charge in [0.2, 0.25) is 15.9 Å². The minimum absolute atomic E-state index is 0.0513. The van der Waals surface area contributed by atoms with Crippen molar-refractivity contribution in [1.29, 1.82) is 0 Å². The Balaban J connectivity index is 1.73. The van der Waals surface area contributed by atoms with Crippen LogP contribution >= 0.6 is 0 Å². The predicted molar refractivity (Wildman–Crippen MR) is 98.1 cm³/mol. The quantitative estimate of drug-likeness (QED) is 0.872. The molecular weight excluding hydrogens is 355 g/mol. The highest BCUT2D eigenvalue weighted by atomic mass is 32.2. The highest BCUT2D eigenvalue weighted by Gasteiger charge is 2.22. The summed E-state index contributed by atoms with van der Waals surface area (Å²) in [5.74, 6) is -0.394. The molecule has 5 nitrogen and oxygen atoms in total. The van der Waals surface area contributed by atoms with Crippen molar-refractivity contribution in [2.24, 2.45) is 0 Å². The summed E-state index contributed by atoms with van der Waals surface area (Å²) in [4.78, 5) is 13.5. The van der Waals surface area contributed by atoms with Gasteiger partial charge in [-0.15, -0.1) is 0 Å². The van der Waals surface area contributed by atoms with Crippen LogP contribution in [-0.2, 0) is 27.7 Å². The van der Waals surface area contributed by atoms with Crippen molar-refractivity contribution in [3.63, 3.8) is 0 Å². The van der Waals surface area contributed by atoms with Gasteiger partial charge in [-0.1, -0.05) is 18.2 Å². The Morgan fingerprint density at radius 2 is 2.00 bits per heavy atom. The molecule has 0 spiro atoms. The Hall–Kier alpha value is -2.25. The number of hydrogen-bond acceptors (Lipinski definition) is 3. The van der Waals surface area contributed by atoms with Crippen LogP contribution in [0.5, 0.6) is 0 Å². The average Bonchev–Trinajstić information content (AvgIpc) is 2.62. The second-order valence-electron chi connectivity index (χ2n) is 6.30. The summed E-state index contributed by atoms with van der Waals surface area (Å²) in [5.41, 5.74) is 2.09. The summed E-state index contributed by atoms with van der Waals surface area (Å²) in [6.07, 6.45) is 1.81. The lowest BCUT2D eigenvalue weighted by atomic mass is 10.0. The molecule has 0 aromatic heterocycles. The van der Waals surface area contributed by atoms with Gasteiger partial charge in [-0.3, -0.25) is 4.79 Å². The number of halogens is 1. The van der Waals surface area contributed by atoms with Gasteiger partial charge in [0.25, 0.3) is 0 Å². The van der Waals surface area contributed by atoms with E-state index in [4.69, 9.17) is 0 Å². The number of nitrogens with one attached hydrogen (secondary N) is 1. The number of benzene rings is 2. The van der Waals surface area contributed by atoms with E-state index in [2.05, 4.69) is 4.72 Å². The summed E-state index contributed by atoms with van der Waals surface area (Å²) in [6.45, 7) is 2.26. The van der Waals surface area contributed by atoms with Gasteiger partial charge >= 0.3 is 0 Å². The predicted octanol–water partition coefficient (Wildman–Crippen LogP) is 2.65. The van der Waals surface area contributed by atoms with Gasteiger partial charge in [-0.25, -0.2) is 17.5 Å². The van der Waals surface area contributed by atoms with Crippen molar-refractivity contribution in [2.75, 3.05) is 18.0 Å². The molecule has 1 N–H and O–H groups in total. The third-order valence-corrected chi connectivity index (χ3v) is 5.96. The molecule has 0 saturated carbocycles. The molecule has 0 bridgehead atoms. The first kappa shape index (κ1) is 18.5. The smallest absolute Gasteiger partial charge is 0.240 e. The van der Waals surface area contributed by atoms with E-state index in [9.17, 15) is 17.6 Å². The molecule has 1 aliphatic rings. The third kappa shape index (κ3) is 3.94. The molecule has 26 heavy (non-hydrogen) atoms. The van der Waals surface area contributed by atoms with Gasteiger partial charge in [-0.05, 0) is 54.7 Å². The molecule has 138 valence electrons. The lowest BCUT2D eigenvalue weighted by Gasteiger charge is -2.28. The van der Waals surface area contributed by atoms with Gasteiger partial charge in [-0.2, -0.15) is 0 Å². The van der Waals surface area contributed by atoms with E-state index >= 15 is 0 Å². The zero-order chi connectivity index (χ0) is 18.7. The standard InChI is InChI=1S/C19H21FN2O3S/c1-14(23)22-12-4-6-16-13-17(8-9-19(16)22)26(24,25)21-11-10-15-5-2-3-7-18(15)20/h2-3,5,7-9,13,21H,4,6,10-12H2,1H3. The number of nitrogens with zero attached hydrogens (tertiary/aromatic N) is 1. The first-order valence-electron chi connectivity index (χ1n) is 8.52. The highest BCUT2D eigenvalue weighted by molar-refractivity contribution is 7.89. The minimum Gasteiger partial charge on any atom is -0.312 e. The fraction of sp³-hybridized carbons (Fsp3) is 0.316. The summed E-state index contributed by atoms with van der Waals surface area (Å²) in [7, 11) is -3.69. The SMILES string of the molecule is CC(=O)N1CCCc2cc(S(=O)(=O)NCCc3ccccc3F)ccc21. The molecule has 7 heteroatoms. The van der Waals surface area contributed by atoms with Gasteiger partial charge in [0.1, 0.15) is 5.82 Å². The van der Waals surface area contributed by atoms with E-state index < -0.39 is 10.0 Å². The summed E-state index contributed by atoms with van der Waals surface area (Å²) < 4.78 is 41.2. The van der Waals surface area contributed by atoms with Crippen molar-refractivity contribution in [2.45, 2.75) is 31.1 Å². The van der Waals surface area contributed by atoms with Crippen molar-refractivity contribution in [3.8, 4) is 0 Å². The van der Waals surface area contributed by atoms with Crippen LogP contribution in [0, 0.1) is 5.82 Å². The van der Waals surface area contributed by atoms with Gasteiger partial charge in [0.15, 0.2) is 0 Å². The number of rotatable bonds is 5. The monoisotopic (exact) mass is 376 g/mol. The van der Waals surface area contributed by atoms with Crippen LogP contribution in [0.1, 0.15) is 24.5 Å². The van der Waals surface area contributed by atoms with Crippen LogP contribution < -0.4 is 9.62 Å². The molecule has 2 aromatic rings. The lowest BCUT2D eigenvalue weighted by Crippen LogP contribution is -2.34. The average molecular weight is 376 g/mol. The first-order valence-corrected chi connectivity index (χ1v) is 10.0. The third-order valence-electron chi connectivity index (χ3n) is 4.50. The maximum absolute atomic E-state index is 13.6. The molecule has 0 aliphatic carbocycles. The van der Waals surface area contributed by atoms with Crippen LogP contribution in [0.3, 0.4) is 0 Å². The normalized spacial score (nSPS) is 14.2. The molecule has 1 heterocycles. The van der Waals surface area contributed by atoms with Crippen LogP contribution in [0.25, 0.3) is 0 Å². The van der Waals surface area contributed by atoms with E-state index in [1.807, 2.05) is 0 Å². The van der Waals surface area contributed by atoms with Crippen LogP contribution in [0.15, 0.2) is 47.4 Å². The number of hydrogen-bond donors (Lipinski definition) is 1. The molecule has 0 radical (unpaired) electrons. The molecular formula is C19H21FN2O3S. The summed E-state index contributed by atoms with van der Waals surface area (Å²) in [5, 5.41) is 0. The fourth-order valence-corrected chi connectivity index (χ4v) is 4.25. The minimum atomic E-state index is -3.69. The molecule has 1 aliphatic heterocycles. The molecule has 0 fully saturated rings. The number of carbonyl (C=O) groups excluding carboxylic acids is 1. The number of aryl methyl sites for hydroxylation is 1. The number of fused-ring (bicyclic) bond motifs is 1. The van der Waals surface area contributed by atoms with Crippen molar-refractivity contribution < 1.29 is 17.6 Å². The van der Waals surface area contributed by atoms with Crippen LogP contribution in [-0.4, -0.2) is 27.4 Å². The van der Waals surface area contributed by atoms with Crippen LogP contribution in [0.4, 0.5) is 10.1 Å². The molecule has 3 rings (SSSR count). The van der Waals surface area contributed by atoms with E-state index in [0.29, 0.717) is 12.1 Å². The molecule has 1 amide bonds. The molecule has 0 saturated heterocycles. The van der Waals surface area contributed by atoms with E-state index in [1.54, 1.807) is 35.2 Å². The number of amides is 1. The molecule has 0 unspecified atom stereocenters. The lowest BCUT2D eigenvalue weighted by molar-refractivity contribution is -0.116. The Bertz CT molecular complexity index is 928. The van der Waals surface area contributed by atoms with E-state index in [1.165, 1.54) is 19.1 Å². The Morgan fingerprint density at radius 1 is 1.23 bits per heavy atom. The molecule has 0 atom stereocenters. The van der Waals surface area contributed by atoms with Crippen molar-refractivity contribution >= 4 is 21.6 Å². The van der Waals surface area contributed by atoms with Gasteiger partial charge in [0, 0.05) is 25.7 Å². The van der Waals surface area contributed by atoms with Gasteiger partial charge < -0.3 is 4.90 Å². The Kier molecular flexibility index (Phi) is 5.38. The number of sulfonamides is 1.